The summed E-state index contributed by atoms with van der Waals surface area (Å²) in [5, 5.41) is 0. The summed E-state index contributed by atoms with van der Waals surface area (Å²) >= 11 is 1.78. The highest BCUT2D eigenvalue weighted by atomic mass is 32.1. The minimum Gasteiger partial charge on any atom is -0.497 e. The van der Waals surface area contributed by atoms with Crippen LogP contribution in [0.2, 0.25) is 0 Å². The fraction of sp³-hybridized carbons (Fsp3) is 0.0769. The molecule has 0 aliphatic carbocycles. The minimum absolute atomic E-state index is 0.478. The van der Waals surface area contributed by atoms with Crippen LogP contribution in [0.15, 0.2) is 209 Å². The van der Waals surface area contributed by atoms with Gasteiger partial charge in [-0.3, -0.25) is 0 Å². The Hall–Kier alpha value is -7.22. The largest absolute Gasteiger partial charge is 0.497 e. The van der Waals surface area contributed by atoms with Crippen molar-refractivity contribution in [3.63, 3.8) is 0 Å². The minimum atomic E-state index is 0.478. The lowest BCUT2D eigenvalue weighted by atomic mass is 10.1. The first-order chi connectivity index (χ1) is 29.1. The van der Waals surface area contributed by atoms with E-state index in [4.69, 9.17) is 18.9 Å². The molecule has 7 aromatic rings. The topological polar surface area (TPSA) is 43.4 Å². The van der Waals surface area contributed by atoms with Crippen LogP contribution in [-0.4, -0.2) is 0 Å². The van der Waals surface area contributed by atoms with E-state index in [0.717, 1.165) is 67.5 Å². The second-order valence-electron chi connectivity index (χ2n) is 13.5. The van der Waals surface area contributed by atoms with E-state index in [1.807, 2.05) is 0 Å². The molecule has 294 valence electrons. The lowest BCUT2D eigenvalue weighted by Crippen LogP contribution is -2.10. The first-order valence-corrected chi connectivity index (χ1v) is 20.0. The summed E-state index contributed by atoms with van der Waals surface area (Å²) in [5.74, 6) is 0. The SMILES string of the molecule is C=COCc1ccc(N(c2ccc(COC=C)cc2)c2ccc(-c3ccc(-c4ccc(N(c5ccc(COC=C)cc5)c5ccc(COC=C)cc5)cc4)s3)cc2)cc1. The maximum absolute atomic E-state index is 5.41. The number of hydrogen-bond donors (Lipinski definition) is 0. The Bertz CT molecular complexity index is 2150. The number of thiophene rings is 1. The summed E-state index contributed by atoms with van der Waals surface area (Å²) in [6, 6.07) is 55.5. The lowest BCUT2D eigenvalue weighted by molar-refractivity contribution is 0.237. The van der Waals surface area contributed by atoms with E-state index in [9.17, 15) is 0 Å². The number of rotatable bonds is 20. The van der Waals surface area contributed by atoms with Gasteiger partial charge < -0.3 is 28.7 Å². The van der Waals surface area contributed by atoms with E-state index in [2.05, 4.69) is 194 Å². The van der Waals surface area contributed by atoms with E-state index >= 15 is 0 Å². The van der Waals surface area contributed by atoms with Crippen molar-refractivity contribution in [3.05, 3.63) is 231 Å². The van der Waals surface area contributed by atoms with Gasteiger partial charge in [-0.1, -0.05) is 99.1 Å². The predicted octanol–water partition coefficient (Wildman–Crippen LogP) is 14.7. The molecule has 0 bridgehead atoms. The monoisotopic (exact) mass is 794 g/mol. The van der Waals surface area contributed by atoms with Gasteiger partial charge in [-0.15, -0.1) is 11.3 Å². The molecule has 0 unspecified atom stereocenters. The smallest absolute Gasteiger partial charge is 0.112 e. The van der Waals surface area contributed by atoms with Crippen LogP contribution in [0.5, 0.6) is 0 Å². The molecule has 6 aromatic carbocycles. The molecule has 0 atom stereocenters. The highest BCUT2D eigenvalue weighted by Crippen LogP contribution is 2.40. The fourth-order valence-corrected chi connectivity index (χ4v) is 7.69. The number of nitrogens with zero attached hydrogens (tertiary/aromatic N) is 2. The molecule has 0 radical (unpaired) electrons. The summed E-state index contributed by atoms with van der Waals surface area (Å²) in [6.45, 7) is 16.6. The van der Waals surface area contributed by atoms with Crippen LogP contribution >= 0.6 is 11.3 Å². The van der Waals surface area contributed by atoms with Crippen molar-refractivity contribution in [2.45, 2.75) is 26.4 Å². The number of benzene rings is 6. The number of hydrogen-bond acceptors (Lipinski definition) is 7. The molecule has 0 fully saturated rings. The Morgan fingerprint density at radius 2 is 0.542 bits per heavy atom. The Balaban J connectivity index is 1.12. The molecule has 0 spiro atoms. The van der Waals surface area contributed by atoms with Gasteiger partial charge in [-0.25, -0.2) is 0 Å². The molecule has 7 rings (SSSR count). The highest BCUT2D eigenvalue weighted by Gasteiger charge is 2.16. The van der Waals surface area contributed by atoms with Crippen LogP contribution in [0.3, 0.4) is 0 Å². The van der Waals surface area contributed by atoms with Crippen LogP contribution < -0.4 is 9.80 Å². The third kappa shape index (κ3) is 10.0. The van der Waals surface area contributed by atoms with Crippen LogP contribution in [0, 0.1) is 0 Å². The maximum Gasteiger partial charge on any atom is 0.112 e. The Labute approximate surface area is 351 Å². The van der Waals surface area contributed by atoms with Gasteiger partial charge in [0, 0.05) is 43.9 Å². The fourth-order valence-electron chi connectivity index (χ4n) is 6.68. The molecular weight excluding hydrogens is 749 g/mol. The molecule has 0 N–H and O–H groups in total. The maximum atomic E-state index is 5.41. The predicted molar refractivity (Wildman–Crippen MR) is 245 cm³/mol. The lowest BCUT2D eigenvalue weighted by Gasteiger charge is -2.26. The molecule has 6 nitrogen and oxygen atoms in total. The van der Waals surface area contributed by atoms with Gasteiger partial charge in [-0.05, 0) is 118 Å². The van der Waals surface area contributed by atoms with Gasteiger partial charge in [-0.2, -0.15) is 0 Å². The molecule has 0 saturated carbocycles. The number of anilines is 6. The van der Waals surface area contributed by atoms with Crippen molar-refractivity contribution in [1.82, 2.24) is 0 Å². The van der Waals surface area contributed by atoms with Crippen LogP contribution in [0.4, 0.5) is 34.1 Å². The normalized spacial score (nSPS) is 10.6. The Morgan fingerprint density at radius 1 is 0.322 bits per heavy atom. The summed E-state index contributed by atoms with van der Waals surface area (Å²) in [4.78, 5) is 6.90. The van der Waals surface area contributed by atoms with Crippen molar-refractivity contribution in [3.8, 4) is 20.9 Å². The van der Waals surface area contributed by atoms with E-state index < -0.39 is 0 Å². The van der Waals surface area contributed by atoms with Crippen molar-refractivity contribution < 1.29 is 18.9 Å². The van der Waals surface area contributed by atoms with Gasteiger partial charge in [0.2, 0.25) is 0 Å². The molecular formula is C52H46N2O4S. The van der Waals surface area contributed by atoms with Crippen molar-refractivity contribution >= 4 is 45.5 Å². The molecule has 0 aliphatic rings. The summed E-state index contributed by atoms with van der Waals surface area (Å²) < 4.78 is 21.6. The van der Waals surface area contributed by atoms with Crippen LogP contribution in [-0.2, 0) is 45.4 Å². The number of ether oxygens (including phenoxy) is 4. The standard InChI is InChI=1S/C52H46N2O4S/c1-5-55-35-39-9-21-45(22-10-39)53(46-23-11-40(12-24-46)36-56-6-2)49-29-17-43(18-30-49)51-33-34-52(59-51)44-19-31-50(32-20-44)54(47-25-13-41(14-26-47)37-57-7-3)48-27-15-42(16-28-48)38-58-8-4/h5-34H,1-4,35-38H2. The third-order valence-electron chi connectivity index (χ3n) is 9.68. The van der Waals surface area contributed by atoms with E-state index in [-0.39, 0.29) is 0 Å². The second kappa shape index (κ2) is 19.8. The Morgan fingerprint density at radius 3 is 0.763 bits per heavy atom. The van der Waals surface area contributed by atoms with Crippen LogP contribution in [0.25, 0.3) is 20.9 Å². The molecule has 0 amide bonds. The van der Waals surface area contributed by atoms with Gasteiger partial charge >= 0.3 is 0 Å². The van der Waals surface area contributed by atoms with Gasteiger partial charge in [0.25, 0.3) is 0 Å². The van der Waals surface area contributed by atoms with E-state index in [0.29, 0.717) is 26.4 Å². The zero-order valence-corrected chi connectivity index (χ0v) is 33.7. The average molecular weight is 795 g/mol. The average Bonchev–Trinajstić information content (AvgIpc) is 3.79. The quantitative estimate of drug-likeness (QED) is 0.0716. The molecule has 0 saturated heterocycles. The summed E-state index contributed by atoms with van der Waals surface area (Å²) in [7, 11) is 0. The summed E-state index contributed by atoms with van der Waals surface area (Å²) in [6.07, 6.45) is 5.87. The molecule has 1 heterocycles. The van der Waals surface area contributed by atoms with E-state index in [1.165, 1.54) is 34.8 Å². The molecule has 0 aliphatic heterocycles. The van der Waals surface area contributed by atoms with Gasteiger partial charge in [0.05, 0.1) is 25.0 Å². The van der Waals surface area contributed by atoms with Gasteiger partial charge in [0.15, 0.2) is 0 Å². The second-order valence-corrected chi connectivity index (χ2v) is 14.6. The molecule has 7 heteroatoms. The first-order valence-electron chi connectivity index (χ1n) is 19.2. The zero-order chi connectivity index (χ0) is 40.8. The zero-order valence-electron chi connectivity index (χ0n) is 32.9. The summed E-state index contributed by atoms with van der Waals surface area (Å²) in [5.41, 5.74) is 12.9. The van der Waals surface area contributed by atoms with Crippen molar-refractivity contribution in [1.29, 1.82) is 0 Å². The van der Waals surface area contributed by atoms with E-state index in [1.54, 1.807) is 11.3 Å². The first kappa shape index (κ1) is 40.0. The van der Waals surface area contributed by atoms with Gasteiger partial charge in [0.1, 0.15) is 26.4 Å². The van der Waals surface area contributed by atoms with Crippen molar-refractivity contribution in [2.75, 3.05) is 9.80 Å². The third-order valence-corrected chi connectivity index (χ3v) is 10.9. The highest BCUT2D eigenvalue weighted by molar-refractivity contribution is 7.18. The molecule has 59 heavy (non-hydrogen) atoms. The molecule has 1 aromatic heterocycles. The Kier molecular flexibility index (Phi) is 13.4. The van der Waals surface area contributed by atoms with Crippen molar-refractivity contribution in [2.24, 2.45) is 0 Å². The van der Waals surface area contributed by atoms with Crippen LogP contribution in [0.1, 0.15) is 22.3 Å².